The van der Waals surface area contributed by atoms with Gasteiger partial charge < -0.3 is 10.6 Å². The molecule has 3 rings (SSSR count). The predicted octanol–water partition coefficient (Wildman–Crippen LogP) is 4.22. The Morgan fingerprint density at radius 3 is 2.85 bits per heavy atom. The first-order chi connectivity index (χ1) is 12.6. The number of hydrogen-bond donors (Lipinski definition) is 3. The fourth-order valence-corrected chi connectivity index (χ4v) is 2.56. The largest absolute Gasteiger partial charge is 0.349 e. The molecule has 1 aromatic heterocycles. The lowest BCUT2D eigenvalue weighted by molar-refractivity contribution is -0.115. The van der Waals surface area contributed by atoms with E-state index in [1.54, 1.807) is 31.2 Å². The van der Waals surface area contributed by atoms with Crippen LogP contribution < -0.4 is 10.6 Å². The van der Waals surface area contributed by atoms with E-state index in [1.807, 2.05) is 12.1 Å². The monoisotopic (exact) mass is 373 g/mol. The van der Waals surface area contributed by atoms with Crippen molar-refractivity contribution in [3.8, 4) is 11.4 Å². The van der Waals surface area contributed by atoms with Crippen LogP contribution in [0.5, 0.6) is 0 Å². The number of aromatic amines is 1. The number of anilines is 2. The van der Waals surface area contributed by atoms with Gasteiger partial charge in [-0.05, 0) is 24.3 Å². The Balaban J connectivity index is 1.72. The standard InChI is InChI=1S/C18H17ClFN5O/c1-2-16(26)22-12-6-3-5-11(9-12)17-23-18(25-24-17)21-10-13-14(19)7-4-8-15(13)20/h3-9H,2,10H2,1H3,(H,22,26)(H2,21,23,24,25). The molecule has 1 heterocycles. The van der Waals surface area contributed by atoms with Crippen LogP contribution in [0, 0.1) is 5.82 Å². The number of halogens is 2. The molecule has 0 aliphatic heterocycles. The summed E-state index contributed by atoms with van der Waals surface area (Å²) in [7, 11) is 0. The fourth-order valence-electron chi connectivity index (χ4n) is 2.33. The molecule has 0 unspecified atom stereocenters. The van der Waals surface area contributed by atoms with E-state index >= 15 is 0 Å². The summed E-state index contributed by atoms with van der Waals surface area (Å²) in [4.78, 5) is 15.8. The Bertz CT molecular complexity index is 907. The van der Waals surface area contributed by atoms with Crippen LogP contribution in [0.25, 0.3) is 11.4 Å². The first kappa shape index (κ1) is 17.9. The van der Waals surface area contributed by atoms with Gasteiger partial charge in [-0.1, -0.05) is 36.7 Å². The minimum Gasteiger partial charge on any atom is -0.349 e. The number of benzene rings is 2. The second kappa shape index (κ2) is 7.97. The number of H-pyrrole nitrogens is 1. The molecule has 0 radical (unpaired) electrons. The SMILES string of the molecule is CCC(=O)Nc1cccc(-c2nc(NCc3c(F)cccc3Cl)n[nH]2)c1. The highest BCUT2D eigenvalue weighted by atomic mass is 35.5. The zero-order valence-electron chi connectivity index (χ0n) is 14.0. The summed E-state index contributed by atoms with van der Waals surface area (Å²) in [5, 5.41) is 13.0. The summed E-state index contributed by atoms with van der Waals surface area (Å²) in [6.45, 7) is 1.95. The van der Waals surface area contributed by atoms with Crippen LogP contribution in [0.2, 0.25) is 5.02 Å². The maximum Gasteiger partial charge on any atom is 0.242 e. The van der Waals surface area contributed by atoms with Crippen molar-refractivity contribution in [2.24, 2.45) is 0 Å². The van der Waals surface area contributed by atoms with Gasteiger partial charge in [0.25, 0.3) is 0 Å². The summed E-state index contributed by atoms with van der Waals surface area (Å²) < 4.78 is 13.8. The molecule has 0 spiro atoms. The Morgan fingerprint density at radius 1 is 1.27 bits per heavy atom. The molecule has 6 nitrogen and oxygen atoms in total. The van der Waals surface area contributed by atoms with Crippen LogP contribution in [0.3, 0.4) is 0 Å². The quantitative estimate of drug-likeness (QED) is 0.604. The molecule has 26 heavy (non-hydrogen) atoms. The fraction of sp³-hybridized carbons (Fsp3) is 0.167. The van der Waals surface area contributed by atoms with Crippen molar-refractivity contribution >= 4 is 29.1 Å². The molecule has 3 N–H and O–H groups in total. The third-order valence-corrected chi connectivity index (χ3v) is 4.07. The molecular weight excluding hydrogens is 357 g/mol. The Morgan fingerprint density at radius 2 is 2.08 bits per heavy atom. The Hall–Kier alpha value is -2.93. The van der Waals surface area contributed by atoms with Gasteiger partial charge >= 0.3 is 0 Å². The normalized spacial score (nSPS) is 10.6. The molecule has 0 aliphatic rings. The van der Waals surface area contributed by atoms with Crippen molar-refractivity contribution < 1.29 is 9.18 Å². The molecule has 0 saturated carbocycles. The van der Waals surface area contributed by atoms with Crippen molar-refractivity contribution in [3.63, 3.8) is 0 Å². The van der Waals surface area contributed by atoms with Crippen molar-refractivity contribution in [3.05, 3.63) is 58.9 Å². The average molecular weight is 374 g/mol. The number of carbonyl (C=O) groups excluding carboxylic acids is 1. The molecule has 0 bridgehead atoms. The molecule has 134 valence electrons. The molecule has 2 aromatic carbocycles. The van der Waals surface area contributed by atoms with E-state index < -0.39 is 0 Å². The van der Waals surface area contributed by atoms with Gasteiger partial charge in [0.15, 0.2) is 5.82 Å². The molecule has 3 aromatic rings. The minimum atomic E-state index is -0.389. The smallest absolute Gasteiger partial charge is 0.242 e. The van der Waals surface area contributed by atoms with Crippen LogP contribution in [0.1, 0.15) is 18.9 Å². The lowest BCUT2D eigenvalue weighted by atomic mass is 10.2. The van der Waals surface area contributed by atoms with E-state index in [9.17, 15) is 9.18 Å². The number of rotatable bonds is 6. The highest BCUT2D eigenvalue weighted by molar-refractivity contribution is 6.31. The molecule has 0 fully saturated rings. The second-order valence-electron chi connectivity index (χ2n) is 5.54. The van der Waals surface area contributed by atoms with Gasteiger partial charge in [0, 0.05) is 34.8 Å². The van der Waals surface area contributed by atoms with Gasteiger partial charge in [-0.15, -0.1) is 5.10 Å². The molecule has 0 aliphatic carbocycles. The third kappa shape index (κ3) is 4.18. The van der Waals surface area contributed by atoms with E-state index in [0.717, 1.165) is 5.56 Å². The lowest BCUT2D eigenvalue weighted by Gasteiger charge is -2.06. The van der Waals surface area contributed by atoms with Crippen molar-refractivity contribution in [2.45, 2.75) is 19.9 Å². The van der Waals surface area contributed by atoms with E-state index in [4.69, 9.17) is 11.6 Å². The molecule has 0 saturated heterocycles. The minimum absolute atomic E-state index is 0.0659. The maximum atomic E-state index is 13.8. The van der Waals surface area contributed by atoms with E-state index in [1.165, 1.54) is 6.07 Å². The topological polar surface area (TPSA) is 82.7 Å². The number of hydrogen-bond acceptors (Lipinski definition) is 4. The highest BCUT2D eigenvalue weighted by Gasteiger charge is 2.10. The van der Waals surface area contributed by atoms with Gasteiger partial charge in [-0.2, -0.15) is 4.98 Å². The zero-order valence-corrected chi connectivity index (χ0v) is 14.8. The average Bonchev–Trinajstić information content (AvgIpc) is 3.10. The number of nitrogens with one attached hydrogen (secondary N) is 3. The van der Waals surface area contributed by atoms with Gasteiger partial charge in [0.05, 0.1) is 0 Å². The van der Waals surface area contributed by atoms with Crippen LogP contribution in [-0.4, -0.2) is 21.1 Å². The summed E-state index contributed by atoms with van der Waals surface area (Å²) in [5.74, 6) is 0.394. The lowest BCUT2D eigenvalue weighted by Crippen LogP contribution is -2.09. The first-order valence-electron chi connectivity index (χ1n) is 8.06. The molecule has 8 heteroatoms. The van der Waals surface area contributed by atoms with Crippen LogP contribution >= 0.6 is 11.6 Å². The van der Waals surface area contributed by atoms with Crippen molar-refractivity contribution in [1.82, 2.24) is 15.2 Å². The van der Waals surface area contributed by atoms with E-state index in [0.29, 0.717) is 34.5 Å². The predicted molar refractivity (Wildman–Crippen MR) is 99.5 cm³/mol. The van der Waals surface area contributed by atoms with Gasteiger partial charge in [-0.3, -0.25) is 9.89 Å². The van der Waals surface area contributed by atoms with E-state index in [2.05, 4.69) is 25.8 Å². The van der Waals surface area contributed by atoms with Gasteiger partial charge in [0.1, 0.15) is 5.82 Å². The summed E-state index contributed by atoms with van der Waals surface area (Å²) >= 11 is 6.00. The summed E-state index contributed by atoms with van der Waals surface area (Å²) in [6, 6.07) is 11.8. The van der Waals surface area contributed by atoms with Crippen LogP contribution in [0.15, 0.2) is 42.5 Å². The van der Waals surface area contributed by atoms with Gasteiger partial charge in [-0.25, -0.2) is 4.39 Å². The van der Waals surface area contributed by atoms with Gasteiger partial charge in [0.2, 0.25) is 11.9 Å². The summed E-state index contributed by atoms with van der Waals surface area (Å²) in [6.07, 6.45) is 0.402. The van der Waals surface area contributed by atoms with Crippen LogP contribution in [-0.2, 0) is 11.3 Å². The highest BCUT2D eigenvalue weighted by Crippen LogP contribution is 2.22. The van der Waals surface area contributed by atoms with Crippen molar-refractivity contribution in [1.29, 1.82) is 0 Å². The number of carbonyl (C=O) groups is 1. The second-order valence-corrected chi connectivity index (χ2v) is 5.95. The Kier molecular flexibility index (Phi) is 5.48. The molecular formula is C18H17ClFN5O. The first-order valence-corrected chi connectivity index (χ1v) is 8.44. The van der Waals surface area contributed by atoms with Crippen molar-refractivity contribution in [2.75, 3.05) is 10.6 Å². The van der Waals surface area contributed by atoms with Crippen LogP contribution in [0.4, 0.5) is 16.0 Å². The summed E-state index contributed by atoms with van der Waals surface area (Å²) in [5.41, 5.74) is 1.80. The van der Waals surface area contributed by atoms with E-state index in [-0.39, 0.29) is 18.3 Å². The number of aromatic nitrogens is 3. The third-order valence-electron chi connectivity index (χ3n) is 3.71. The maximum absolute atomic E-state index is 13.8. The number of nitrogens with zero attached hydrogens (tertiary/aromatic N) is 2. The molecule has 0 atom stereocenters. The molecule has 1 amide bonds. The Labute approximate surface area is 154 Å². The number of amides is 1. The zero-order chi connectivity index (χ0) is 18.5.